The Morgan fingerprint density at radius 2 is 2.03 bits per heavy atom. The zero-order chi connectivity index (χ0) is 21.3. The van der Waals surface area contributed by atoms with Crippen molar-refractivity contribution in [3.63, 3.8) is 0 Å². The first-order valence-electron chi connectivity index (χ1n) is 9.85. The third-order valence-electron chi connectivity index (χ3n) is 4.68. The van der Waals surface area contributed by atoms with Gasteiger partial charge in [-0.3, -0.25) is 4.90 Å². The second-order valence-electron chi connectivity index (χ2n) is 7.28. The van der Waals surface area contributed by atoms with Gasteiger partial charge in [0.25, 0.3) is 0 Å². The van der Waals surface area contributed by atoms with E-state index >= 15 is 0 Å². The molecular formula is C23H26Cl2N2O3. The Morgan fingerprint density at radius 3 is 2.77 bits per heavy atom. The van der Waals surface area contributed by atoms with Gasteiger partial charge < -0.3 is 14.7 Å². The van der Waals surface area contributed by atoms with Gasteiger partial charge in [-0.05, 0) is 35.4 Å². The molecule has 160 valence electrons. The van der Waals surface area contributed by atoms with Crippen molar-refractivity contribution in [1.29, 1.82) is 0 Å². The zero-order valence-corrected chi connectivity index (χ0v) is 18.2. The summed E-state index contributed by atoms with van der Waals surface area (Å²) in [6.45, 7) is 5.98. The van der Waals surface area contributed by atoms with Gasteiger partial charge in [-0.15, -0.1) is 6.58 Å². The maximum atomic E-state index is 10.4. The molecular weight excluding hydrogens is 423 g/mol. The quantitative estimate of drug-likeness (QED) is 0.404. The molecule has 0 bridgehead atoms. The Hall–Kier alpha value is -1.89. The molecule has 0 aliphatic carbocycles. The molecule has 0 saturated carbocycles. The number of ether oxygens (including phenoxy) is 1. The van der Waals surface area contributed by atoms with Gasteiger partial charge in [-0.1, -0.05) is 58.7 Å². The Labute approximate surface area is 187 Å². The van der Waals surface area contributed by atoms with E-state index in [1.807, 2.05) is 48.5 Å². The second kappa shape index (κ2) is 11.5. The van der Waals surface area contributed by atoms with Crippen LogP contribution in [0.1, 0.15) is 17.5 Å². The largest absolute Gasteiger partial charge is 0.390 e. The normalized spacial score (nSPS) is 16.9. The fourth-order valence-electron chi connectivity index (χ4n) is 3.36. The van der Waals surface area contributed by atoms with E-state index in [2.05, 4.69) is 16.6 Å². The summed E-state index contributed by atoms with van der Waals surface area (Å²) in [5.41, 5.74) is 2.97. The van der Waals surface area contributed by atoms with E-state index in [1.165, 1.54) is 0 Å². The van der Waals surface area contributed by atoms with Crippen molar-refractivity contribution in [2.24, 2.45) is 5.16 Å². The summed E-state index contributed by atoms with van der Waals surface area (Å²) in [6, 6.07) is 15.3. The fourth-order valence-corrected chi connectivity index (χ4v) is 3.70. The molecule has 30 heavy (non-hydrogen) atoms. The van der Waals surface area contributed by atoms with Crippen LogP contribution in [-0.4, -0.2) is 54.2 Å². The maximum Gasteiger partial charge on any atom is 0.145 e. The lowest BCUT2D eigenvalue weighted by molar-refractivity contribution is 0.00336. The van der Waals surface area contributed by atoms with E-state index in [9.17, 15) is 5.11 Å². The average Bonchev–Trinajstić information content (AvgIpc) is 3.17. The summed E-state index contributed by atoms with van der Waals surface area (Å²) < 4.78 is 5.39. The van der Waals surface area contributed by atoms with Crippen LogP contribution in [0.15, 0.2) is 66.3 Å². The topological polar surface area (TPSA) is 54.3 Å². The van der Waals surface area contributed by atoms with Gasteiger partial charge in [-0.2, -0.15) is 0 Å². The van der Waals surface area contributed by atoms with Crippen LogP contribution in [0.3, 0.4) is 0 Å². The fraction of sp³-hybridized carbons (Fsp3) is 0.348. The molecule has 0 spiro atoms. The number of hydrogen-bond acceptors (Lipinski definition) is 5. The number of aliphatic hydroxyl groups excluding tert-OH is 1. The van der Waals surface area contributed by atoms with Crippen molar-refractivity contribution >= 4 is 28.9 Å². The summed E-state index contributed by atoms with van der Waals surface area (Å²) >= 11 is 12.1. The van der Waals surface area contributed by atoms with Crippen LogP contribution in [-0.2, 0) is 16.1 Å². The van der Waals surface area contributed by atoms with E-state index in [1.54, 1.807) is 6.08 Å². The number of rotatable bonds is 11. The van der Waals surface area contributed by atoms with Crippen molar-refractivity contribution in [3.8, 4) is 0 Å². The van der Waals surface area contributed by atoms with E-state index in [0.717, 1.165) is 16.8 Å². The Bertz CT molecular complexity index is 858. The average molecular weight is 449 g/mol. The molecule has 7 heteroatoms. The SMILES string of the molecule is C=CCOC[C@H](O)CN(Cc1cccc(Cl)c1)C[C@@H]1CC(c2ccc(Cl)cc2)=NO1. The highest BCUT2D eigenvalue weighted by Crippen LogP contribution is 2.21. The van der Waals surface area contributed by atoms with Crippen LogP contribution >= 0.6 is 23.2 Å². The highest BCUT2D eigenvalue weighted by atomic mass is 35.5. The highest BCUT2D eigenvalue weighted by Gasteiger charge is 2.26. The Morgan fingerprint density at radius 1 is 1.23 bits per heavy atom. The first-order valence-corrected chi connectivity index (χ1v) is 10.6. The van der Waals surface area contributed by atoms with Crippen molar-refractivity contribution < 1.29 is 14.7 Å². The van der Waals surface area contributed by atoms with Crippen LogP contribution in [0, 0.1) is 0 Å². The third kappa shape index (κ3) is 7.11. The summed E-state index contributed by atoms with van der Waals surface area (Å²) in [4.78, 5) is 7.82. The summed E-state index contributed by atoms with van der Waals surface area (Å²) in [5.74, 6) is 0. The maximum absolute atomic E-state index is 10.4. The van der Waals surface area contributed by atoms with Gasteiger partial charge in [-0.25, -0.2) is 0 Å². The number of aliphatic hydroxyl groups is 1. The van der Waals surface area contributed by atoms with Crippen LogP contribution in [0.4, 0.5) is 0 Å². The van der Waals surface area contributed by atoms with Crippen molar-refractivity contribution in [3.05, 3.63) is 82.4 Å². The molecule has 1 N–H and O–H groups in total. The van der Waals surface area contributed by atoms with Crippen molar-refractivity contribution in [2.45, 2.75) is 25.2 Å². The van der Waals surface area contributed by atoms with Gasteiger partial charge in [0, 0.05) is 36.1 Å². The molecule has 2 atom stereocenters. The Balaban J connectivity index is 1.61. The van der Waals surface area contributed by atoms with Crippen molar-refractivity contribution in [1.82, 2.24) is 4.90 Å². The molecule has 2 aromatic carbocycles. The van der Waals surface area contributed by atoms with Gasteiger partial charge >= 0.3 is 0 Å². The van der Waals surface area contributed by atoms with E-state index in [4.69, 9.17) is 32.8 Å². The zero-order valence-electron chi connectivity index (χ0n) is 16.7. The number of hydrogen-bond donors (Lipinski definition) is 1. The van der Waals surface area contributed by atoms with Gasteiger partial charge in [0.05, 0.1) is 25.0 Å². The Kier molecular flexibility index (Phi) is 8.73. The molecule has 0 saturated heterocycles. The van der Waals surface area contributed by atoms with Crippen LogP contribution < -0.4 is 0 Å². The minimum atomic E-state index is -0.623. The molecule has 0 radical (unpaired) electrons. The lowest BCUT2D eigenvalue weighted by Gasteiger charge is -2.27. The number of benzene rings is 2. The minimum absolute atomic E-state index is 0.101. The monoisotopic (exact) mass is 448 g/mol. The van der Waals surface area contributed by atoms with Gasteiger partial charge in [0.15, 0.2) is 0 Å². The van der Waals surface area contributed by atoms with E-state index < -0.39 is 6.10 Å². The molecule has 5 nitrogen and oxygen atoms in total. The van der Waals surface area contributed by atoms with E-state index in [0.29, 0.717) is 42.7 Å². The predicted octanol–water partition coefficient (Wildman–Crippen LogP) is 4.55. The van der Waals surface area contributed by atoms with Crippen molar-refractivity contribution in [2.75, 3.05) is 26.3 Å². The summed E-state index contributed by atoms with van der Waals surface area (Å²) in [6.07, 6.45) is 1.63. The molecule has 0 aromatic heterocycles. The first kappa shape index (κ1) is 22.8. The van der Waals surface area contributed by atoms with Crippen LogP contribution in [0.5, 0.6) is 0 Å². The molecule has 0 amide bonds. The molecule has 0 fully saturated rings. The number of oxime groups is 1. The number of nitrogens with zero attached hydrogens (tertiary/aromatic N) is 2. The standard InChI is InChI=1S/C23H26Cl2N2O3/c1-2-10-29-16-21(28)14-27(13-17-4-3-5-20(25)11-17)15-22-12-23(26-30-22)18-6-8-19(24)9-7-18/h2-9,11,21-22,28H,1,10,12-16H2/t21-,22+/m1/s1. The summed E-state index contributed by atoms with van der Waals surface area (Å²) in [7, 11) is 0. The highest BCUT2D eigenvalue weighted by molar-refractivity contribution is 6.31. The van der Waals surface area contributed by atoms with Gasteiger partial charge in [0.1, 0.15) is 6.10 Å². The third-order valence-corrected chi connectivity index (χ3v) is 5.17. The lowest BCUT2D eigenvalue weighted by Crippen LogP contribution is -2.39. The molecule has 2 aromatic rings. The first-order chi connectivity index (χ1) is 14.5. The predicted molar refractivity (Wildman–Crippen MR) is 121 cm³/mol. The van der Waals surface area contributed by atoms with Crippen LogP contribution in [0.2, 0.25) is 10.0 Å². The smallest absolute Gasteiger partial charge is 0.145 e. The molecule has 1 aliphatic rings. The molecule has 0 unspecified atom stereocenters. The van der Waals surface area contributed by atoms with E-state index in [-0.39, 0.29) is 12.7 Å². The minimum Gasteiger partial charge on any atom is -0.390 e. The van der Waals surface area contributed by atoms with Crippen LogP contribution in [0.25, 0.3) is 0 Å². The lowest BCUT2D eigenvalue weighted by atomic mass is 10.0. The molecule has 1 aliphatic heterocycles. The molecule has 1 heterocycles. The summed E-state index contributed by atoms with van der Waals surface area (Å²) in [5, 5.41) is 16.0. The molecule has 3 rings (SSSR count). The second-order valence-corrected chi connectivity index (χ2v) is 8.15. The van der Waals surface area contributed by atoms with Gasteiger partial charge in [0.2, 0.25) is 0 Å². The number of halogens is 2.